The van der Waals surface area contributed by atoms with Crippen molar-refractivity contribution in [2.45, 2.75) is 13.0 Å². The van der Waals surface area contributed by atoms with Crippen molar-refractivity contribution < 1.29 is 9.29 Å². The molecule has 0 spiro atoms. The predicted molar refractivity (Wildman–Crippen MR) is 64.4 cm³/mol. The molecule has 0 saturated carbocycles. The standard InChI is InChI=1S/C13H16FN3/c1-11(10-15)16-6-8-17(9-7-16)13-4-2-12(14)3-5-13/h2-5,11H,6-9H2,1H3/p+1/t11-/m0/s1. The second kappa shape index (κ2) is 5.15. The lowest BCUT2D eigenvalue weighted by molar-refractivity contribution is -0.915. The summed E-state index contributed by atoms with van der Waals surface area (Å²) in [5.74, 6) is -0.198. The fraction of sp³-hybridized carbons (Fsp3) is 0.462. The Morgan fingerprint density at radius 3 is 2.41 bits per heavy atom. The van der Waals surface area contributed by atoms with Crippen LogP contribution in [0.25, 0.3) is 0 Å². The van der Waals surface area contributed by atoms with Crippen LogP contribution < -0.4 is 9.80 Å². The molecular weight excluding hydrogens is 217 g/mol. The number of nitrogens with zero attached hydrogens (tertiary/aromatic N) is 2. The zero-order valence-corrected chi connectivity index (χ0v) is 9.99. The van der Waals surface area contributed by atoms with Gasteiger partial charge in [0.25, 0.3) is 0 Å². The zero-order chi connectivity index (χ0) is 12.3. The Bertz CT molecular complexity index is 402. The van der Waals surface area contributed by atoms with Crippen LogP contribution in [0, 0.1) is 17.1 Å². The molecule has 0 aliphatic carbocycles. The Morgan fingerprint density at radius 2 is 1.88 bits per heavy atom. The maximum absolute atomic E-state index is 12.8. The highest BCUT2D eigenvalue weighted by Gasteiger charge is 2.24. The van der Waals surface area contributed by atoms with E-state index in [4.69, 9.17) is 5.26 Å². The van der Waals surface area contributed by atoms with E-state index in [1.54, 1.807) is 0 Å². The Morgan fingerprint density at radius 1 is 1.29 bits per heavy atom. The molecule has 1 atom stereocenters. The SMILES string of the molecule is C[C@@H](C#N)[NH+]1CCN(c2ccc(F)cc2)CC1. The van der Waals surface area contributed by atoms with Crippen LogP contribution in [0.15, 0.2) is 24.3 Å². The van der Waals surface area contributed by atoms with Crippen LogP contribution in [0.2, 0.25) is 0 Å². The van der Waals surface area contributed by atoms with Gasteiger partial charge in [-0.05, 0) is 24.3 Å². The van der Waals surface area contributed by atoms with Crippen molar-refractivity contribution in [1.29, 1.82) is 5.26 Å². The van der Waals surface area contributed by atoms with Crippen LogP contribution in [0.4, 0.5) is 10.1 Å². The van der Waals surface area contributed by atoms with Crippen LogP contribution in [-0.2, 0) is 0 Å². The summed E-state index contributed by atoms with van der Waals surface area (Å²) in [4.78, 5) is 3.58. The van der Waals surface area contributed by atoms with E-state index >= 15 is 0 Å². The number of piperazine rings is 1. The fourth-order valence-corrected chi connectivity index (χ4v) is 2.23. The van der Waals surface area contributed by atoms with Gasteiger partial charge in [0, 0.05) is 12.6 Å². The Balaban J connectivity index is 1.95. The molecule has 1 fully saturated rings. The van der Waals surface area contributed by atoms with Crippen LogP contribution >= 0.6 is 0 Å². The van der Waals surface area contributed by atoms with Crippen LogP contribution in [0.3, 0.4) is 0 Å². The van der Waals surface area contributed by atoms with Gasteiger partial charge in [-0.25, -0.2) is 4.39 Å². The van der Waals surface area contributed by atoms with Crippen molar-refractivity contribution in [1.82, 2.24) is 0 Å². The van der Waals surface area contributed by atoms with Crippen molar-refractivity contribution in [2.24, 2.45) is 0 Å². The maximum Gasteiger partial charge on any atom is 0.172 e. The first kappa shape index (κ1) is 11.9. The largest absolute Gasteiger partial charge is 0.360 e. The smallest absolute Gasteiger partial charge is 0.172 e. The molecule has 1 aliphatic rings. The summed E-state index contributed by atoms with van der Waals surface area (Å²) >= 11 is 0. The number of nitrogens with one attached hydrogen (secondary N) is 1. The van der Waals surface area contributed by atoms with Crippen molar-refractivity contribution in [2.75, 3.05) is 31.1 Å². The number of rotatable bonds is 2. The molecule has 1 saturated heterocycles. The first-order valence-corrected chi connectivity index (χ1v) is 5.95. The summed E-state index contributed by atoms with van der Waals surface area (Å²) in [6, 6.07) is 8.96. The zero-order valence-electron chi connectivity index (χ0n) is 9.99. The molecule has 90 valence electrons. The number of quaternary nitrogens is 1. The van der Waals surface area contributed by atoms with E-state index in [0.29, 0.717) is 0 Å². The van der Waals surface area contributed by atoms with Gasteiger partial charge in [-0.15, -0.1) is 0 Å². The van der Waals surface area contributed by atoms with E-state index in [1.807, 2.05) is 19.1 Å². The van der Waals surface area contributed by atoms with Crippen LogP contribution in [-0.4, -0.2) is 32.2 Å². The van der Waals surface area contributed by atoms with E-state index in [2.05, 4.69) is 11.0 Å². The molecule has 3 nitrogen and oxygen atoms in total. The third kappa shape index (κ3) is 2.75. The molecule has 1 N–H and O–H groups in total. The third-order valence-corrected chi connectivity index (χ3v) is 3.40. The molecule has 0 aromatic heterocycles. The number of anilines is 1. The van der Waals surface area contributed by atoms with Gasteiger partial charge in [0.15, 0.2) is 6.04 Å². The van der Waals surface area contributed by atoms with E-state index < -0.39 is 0 Å². The van der Waals surface area contributed by atoms with Crippen molar-refractivity contribution >= 4 is 5.69 Å². The van der Waals surface area contributed by atoms with Gasteiger partial charge in [-0.1, -0.05) is 0 Å². The van der Waals surface area contributed by atoms with Gasteiger partial charge >= 0.3 is 0 Å². The van der Waals surface area contributed by atoms with Crippen molar-refractivity contribution in [3.05, 3.63) is 30.1 Å². The molecule has 0 radical (unpaired) electrons. The van der Waals surface area contributed by atoms with Crippen molar-refractivity contribution in [3.8, 4) is 6.07 Å². The molecule has 1 aromatic carbocycles. The molecule has 1 heterocycles. The Kier molecular flexibility index (Phi) is 3.60. The second-order valence-electron chi connectivity index (χ2n) is 4.47. The lowest BCUT2D eigenvalue weighted by Gasteiger charge is -2.34. The Labute approximate surface area is 101 Å². The number of benzene rings is 1. The first-order valence-electron chi connectivity index (χ1n) is 5.95. The number of nitriles is 1. The van der Waals surface area contributed by atoms with Crippen LogP contribution in [0.1, 0.15) is 6.92 Å². The first-order chi connectivity index (χ1) is 8.20. The summed E-state index contributed by atoms with van der Waals surface area (Å²) in [5.41, 5.74) is 1.06. The average molecular weight is 234 g/mol. The van der Waals surface area contributed by atoms with Gasteiger partial charge in [0.1, 0.15) is 11.9 Å². The predicted octanol–water partition coefficient (Wildman–Crippen LogP) is 0.443. The lowest BCUT2D eigenvalue weighted by Crippen LogP contribution is -3.17. The second-order valence-corrected chi connectivity index (χ2v) is 4.47. The molecule has 0 unspecified atom stereocenters. The number of hydrogen-bond donors (Lipinski definition) is 1. The van der Waals surface area contributed by atoms with E-state index in [-0.39, 0.29) is 11.9 Å². The minimum Gasteiger partial charge on any atom is -0.360 e. The summed E-state index contributed by atoms with van der Waals surface area (Å²) < 4.78 is 12.8. The van der Waals surface area contributed by atoms with Crippen LogP contribution in [0.5, 0.6) is 0 Å². The maximum atomic E-state index is 12.8. The normalized spacial score (nSPS) is 18.8. The van der Waals surface area contributed by atoms with Gasteiger partial charge in [-0.2, -0.15) is 5.26 Å². The number of hydrogen-bond acceptors (Lipinski definition) is 2. The molecule has 0 bridgehead atoms. The summed E-state index contributed by atoms with van der Waals surface area (Å²) in [6.45, 7) is 5.74. The average Bonchev–Trinajstić information content (AvgIpc) is 2.39. The molecule has 0 amide bonds. The monoisotopic (exact) mass is 234 g/mol. The fourth-order valence-electron chi connectivity index (χ4n) is 2.23. The molecule has 17 heavy (non-hydrogen) atoms. The lowest BCUT2D eigenvalue weighted by atomic mass is 10.2. The third-order valence-electron chi connectivity index (χ3n) is 3.40. The summed E-state index contributed by atoms with van der Waals surface area (Å²) in [6.07, 6.45) is 0. The van der Waals surface area contributed by atoms with Gasteiger partial charge in [0.2, 0.25) is 0 Å². The minimum atomic E-state index is -0.198. The molecular formula is C13H17FN3+. The molecule has 1 aliphatic heterocycles. The number of halogens is 1. The van der Waals surface area contributed by atoms with E-state index in [9.17, 15) is 4.39 Å². The van der Waals surface area contributed by atoms with E-state index in [1.165, 1.54) is 17.0 Å². The summed E-state index contributed by atoms with van der Waals surface area (Å²) in [7, 11) is 0. The van der Waals surface area contributed by atoms with Crippen molar-refractivity contribution in [3.63, 3.8) is 0 Å². The molecule has 1 aromatic rings. The quantitative estimate of drug-likeness (QED) is 0.805. The van der Waals surface area contributed by atoms with Gasteiger partial charge < -0.3 is 9.80 Å². The van der Waals surface area contributed by atoms with E-state index in [0.717, 1.165) is 31.9 Å². The summed E-state index contributed by atoms with van der Waals surface area (Å²) in [5, 5.41) is 8.87. The highest BCUT2D eigenvalue weighted by molar-refractivity contribution is 5.46. The molecule has 4 heteroatoms. The highest BCUT2D eigenvalue weighted by Crippen LogP contribution is 2.14. The topological polar surface area (TPSA) is 31.5 Å². The van der Waals surface area contributed by atoms with Gasteiger partial charge in [-0.3, -0.25) is 0 Å². The molecule has 2 rings (SSSR count). The highest BCUT2D eigenvalue weighted by atomic mass is 19.1. The van der Waals surface area contributed by atoms with Gasteiger partial charge in [0.05, 0.1) is 26.2 Å². The Hall–Kier alpha value is -1.60. The minimum absolute atomic E-state index is 0.0605.